The van der Waals surface area contributed by atoms with Crippen molar-refractivity contribution >= 4 is 12.6 Å². The largest absolute Gasteiger partial charge is 0.298 e. The van der Waals surface area contributed by atoms with E-state index >= 15 is 0 Å². The van der Waals surface area contributed by atoms with Gasteiger partial charge in [-0.15, -0.1) is 0 Å². The summed E-state index contributed by atoms with van der Waals surface area (Å²) in [5.41, 5.74) is 0. The molecule has 0 aromatic carbocycles. The highest BCUT2D eigenvalue weighted by Gasteiger charge is 2.24. The van der Waals surface area contributed by atoms with Gasteiger partial charge in [-0.3, -0.25) is 20.9 Å². The number of nitrogens with zero attached hydrogens (tertiary/aromatic N) is 1. The number of thiol groups is 1. The molecule has 5 heteroatoms. The van der Waals surface area contributed by atoms with Gasteiger partial charge in [0.05, 0.1) is 5.37 Å². The average molecular weight is 220 g/mol. The SMILES string of the molecule is CNC(CCC(S)N(C)C)(NC)NC. The molecule has 0 bridgehead atoms. The first-order valence-corrected chi connectivity index (χ1v) is 5.44. The number of hydrogen-bond donors (Lipinski definition) is 4. The van der Waals surface area contributed by atoms with Crippen LogP contribution in [0.4, 0.5) is 0 Å². The molecule has 0 aliphatic rings. The van der Waals surface area contributed by atoms with Crippen LogP contribution >= 0.6 is 12.6 Å². The number of rotatable bonds is 7. The van der Waals surface area contributed by atoms with E-state index in [0.717, 1.165) is 12.8 Å². The summed E-state index contributed by atoms with van der Waals surface area (Å²) in [4.78, 5) is 2.11. The van der Waals surface area contributed by atoms with Crippen LogP contribution in [0.5, 0.6) is 0 Å². The molecule has 0 aromatic heterocycles. The van der Waals surface area contributed by atoms with Gasteiger partial charge in [0.15, 0.2) is 0 Å². The minimum atomic E-state index is -0.184. The molecular formula is C9H24N4S. The van der Waals surface area contributed by atoms with E-state index in [4.69, 9.17) is 0 Å². The summed E-state index contributed by atoms with van der Waals surface area (Å²) in [6, 6.07) is 0. The van der Waals surface area contributed by atoms with Crippen LogP contribution in [0.3, 0.4) is 0 Å². The molecule has 1 unspecified atom stereocenters. The van der Waals surface area contributed by atoms with E-state index < -0.39 is 0 Å². The highest BCUT2D eigenvalue weighted by molar-refractivity contribution is 7.80. The summed E-state index contributed by atoms with van der Waals surface area (Å²) < 4.78 is 0. The van der Waals surface area contributed by atoms with Gasteiger partial charge < -0.3 is 0 Å². The molecule has 0 aromatic rings. The fraction of sp³-hybridized carbons (Fsp3) is 1.00. The second kappa shape index (κ2) is 6.63. The van der Waals surface area contributed by atoms with Crippen molar-refractivity contribution in [2.24, 2.45) is 0 Å². The molecular weight excluding hydrogens is 196 g/mol. The Labute approximate surface area is 93.2 Å². The molecule has 0 spiro atoms. The summed E-state index contributed by atoms with van der Waals surface area (Å²) in [7, 11) is 9.90. The lowest BCUT2D eigenvalue weighted by Crippen LogP contribution is -2.63. The smallest absolute Gasteiger partial charge is 0.122 e. The number of hydrogen-bond acceptors (Lipinski definition) is 5. The zero-order chi connectivity index (χ0) is 11.2. The monoisotopic (exact) mass is 220 g/mol. The molecule has 0 aliphatic carbocycles. The van der Waals surface area contributed by atoms with Crippen molar-refractivity contribution in [2.75, 3.05) is 35.2 Å². The van der Waals surface area contributed by atoms with Crippen molar-refractivity contribution in [3.05, 3.63) is 0 Å². The molecule has 0 heterocycles. The van der Waals surface area contributed by atoms with Gasteiger partial charge in [-0.1, -0.05) is 0 Å². The van der Waals surface area contributed by atoms with Crippen LogP contribution in [0.25, 0.3) is 0 Å². The van der Waals surface area contributed by atoms with Crippen LogP contribution in [0.1, 0.15) is 12.8 Å². The zero-order valence-corrected chi connectivity index (χ0v) is 10.8. The van der Waals surface area contributed by atoms with E-state index in [1.807, 2.05) is 35.2 Å². The van der Waals surface area contributed by atoms with Crippen LogP contribution in [0.15, 0.2) is 0 Å². The van der Waals surface area contributed by atoms with Crippen LogP contribution in [-0.2, 0) is 0 Å². The highest BCUT2D eigenvalue weighted by Crippen LogP contribution is 2.12. The summed E-state index contributed by atoms with van der Waals surface area (Å²) in [5.74, 6) is -0.184. The van der Waals surface area contributed by atoms with Gasteiger partial charge in [0, 0.05) is 0 Å². The molecule has 86 valence electrons. The fourth-order valence-electron chi connectivity index (χ4n) is 1.35. The Morgan fingerprint density at radius 3 is 1.86 bits per heavy atom. The molecule has 0 fully saturated rings. The van der Waals surface area contributed by atoms with E-state index in [0.29, 0.717) is 5.37 Å². The van der Waals surface area contributed by atoms with Crippen molar-refractivity contribution in [1.29, 1.82) is 0 Å². The summed E-state index contributed by atoms with van der Waals surface area (Å²) in [6.45, 7) is 0. The Balaban J connectivity index is 4.05. The molecule has 0 saturated carbocycles. The van der Waals surface area contributed by atoms with Crippen molar-refractivity contribution in [3.63, 3.8) is 0 Å². The number of nitrogens with one attached hydrogen (secondary N) is 3. The lowest BCUT2D eigenvalue weighted by molar-refractivity contribution is 0.208. The average Bonchev–Trinajstić information content (AvgIpc) is 2.20. The molecule has 0 rings (SSSR count). The van der Waals surface area contributed by atoms with E-state index in [-0.39, 0.29) is 5.79 Å². The Kier molecular flexibility index (Phi) is 6.72. The maximum Gasteiger partial charge on any atom is 0.122 e. The Bertz CT molecular complexity index is 139. The molecule has 14 heavy (non-hydrogen) atoms. The quantitative estimate of drug-likeness (QED) is 0.357. The normalized spacial score (nSPS) is 14.8. The molecule has 0 saturated heterocycles. The van der Waals surface area contributed by atoms with Crippen LogP contribution in [-0.4, -0.2) is 51.3 Å². The van der Waals surface area contributed by atoms with Gasteiger partial charge in [-0.25, -0.2) is 0 Å². The van der Waals surface area contributed by atoms with Gasteiger partial charge in [0.2, 0.25) is 0 Å². The third-order valence-corrected chi connectivity index (χ3v) is 3.37. The second-order valence-corrected chi connectivity index (χ2v) is 4.23. The van der Waals surface area contributed by atoms with Gasteiger partial charge in [-0.05, 0) is 48.1 Å². The first-order valence-electron chi connectivity index (χ1n) is 4.92. The predicted molar refractivity (Wildman–Crippen MR) is 65.6 cm³/mol. The first-order chi connectivity index (χ1) is 6.51. The first kappa shape index (κ1) is 14.2. The summed E-state index contributed by atoms with van der Waals surface area (Å²) in [5, 5.41) is 10.00. The summed E-state index contributed by atoms with van der Waals surface area (Å²) >= 11 is 4.50. The van der Waals surface area contributed by atoms with E-state index in [9.17, 15) is 0 Å². The lowest BCUT2D eigenvalue weighted by atomic mass is 10.1. The Morgan fingerprint density at radius 2 is 1.57 bits per heavy atom. The van der Waals surface area contributed by atoms with Gasteiger partial charge in [0.1, 0.15) is 5.79 Å². The Hall–Kier alpha value is 0.190. The van der Waals surface area contributed by atoms with Crippen LogP contribution in [0.2, 0.25) is 0 Å². The predicted octanol–water partition coefficient (Wildman–Crippen LogP) is -0.104. The van der Waals surface area contributed by atoms with Crippen molar-refractivity contribution in [1.82, 2.24) is 20.9 Å². The summed E-state index contributed by atoms with van der Waals surface area (Å²) in [6.07, 6.45) is 1.99. The molecule has 0 aliphatic heterocycles. The van der Waals surface area contributed by atoms with Crippen LogP contribution < -0.4 is 16.0 Å². The van der Waals surface area contributed by atoms with E-state index in [1.165, 1.54) is 0 Å². The molecule has 4 nitrogen and oxygen atoms in total. The third-order valence-electron chi connectivity index (χ3n) is 2.65. The molecule has 3 N–H and O–H groups in total. The van der Waals surface area contributed by atoms with Crippen molar-refractivity contribution in [2.45, 2.75) is 24.0 Å². The second-order valence-electron chi connectivity index (χ2n) is 3.64. The minimum absolute atomic E-state index is 0.184. The zero-order valence-electron chi connectivity index (χ0n) is 9.89. The van der Waals surface area contributed by atoms with E-state index in [2.05, 4.69) is 33.5 Å². The molecule has 0 amide bonds. The Morgan fingerprint density at radius 1 is 1.14 bits per heavy atom. The van der Waals surface area contributed by atoms with Crippen molar-refractivity contribution < 1.29 is 0 Å². The minimum Gasteiger partial charge on any atom is -0.298 e. The standard InChI is InChI=1S/C9H24N4S/c1-10-9(11-2,12-3)7-6-8(14)13(4)5/h8,10-12,14H,6-7H2,1-5H3. The van der Waals surface area contributed by atoms with Gasteiger partial charge >= 0.3 is 0 Å². The maximum atomic E-state index is 4.50. The van der Waals surface area contributed by atoms with Crippen LogP contribution in [0, 0.1) is 0 Å². The maximum absolute atomic E-state index is 4.50. The van der Waals surface area contributed by atoms with Crippen molar-refractivity contribution in [3.8, 4) is 0 Å². The molecule has 0 radical (unpaired) electrons. The highest BCUT2D eigenvalue weighted by atomic mass is 32.1. The fourth-order valence-corrected chi connectivity index (χ4v) is 1.48. The van der Waals surface area contributed by atoms with Gasteiger partial charge in [-0.2, -0.15) is 12.6 Å². The topological polar surface area (TPSA) is 39.3 Å². The lowest BCUT2D eigenvalue weighted by Gasteiger charge is -2.34. The third kappa shape index (κ3) is 4.14. The van der Waals surface area contributed by atoms with E-state index in [1.54, 1.807) is 0 Å². The van der Waals surface area contributed by atoms with Gasteiger partial charge in [0.25, 0.3) is 0 Å². The molecule has 1 atom stereocenters.